The standard InChI is InChI=1S/C10H17N3O4/c1-6(2)7(5-14)12-8(15)4-13-9(16)3-11-10(13)17/h6-7,14H,3-5H2,1-2H3,(H,11,17)(H,12,15)/t7-/m1/s1. The van der Waals surface area contributed by atoms with Gasteiger partial charge in [0, 0.05) is 0 Å². The van der Waals surface area contributed by atoms with Crippen molar-refractivity contribution in [2.45, 2.75) is 19.9 Å². The van der Waals surface area contributed by atoms with E-state index >= 15 is 0 Å². The van der Waals surface area contributed by atoms with Crippen molar-refractivity contribution in [3.63, 3.8) is 0 Å². The topological polar surface area (TPSA) is 98.7 Å². The molecular formula is C10H17N3O4. The van der Waals surface area contributed by atoms with E-state index in [1.807, 2.05) is 13.8 Å². The van der Waals surface area contributed by atoms with Gasteiger partial charge in [0.25, 0.3) is 5.91 Å². The van der Waals surface area contributed by atoms with Crippen LogP contribution in [0.1, 0.15) is 13.8 Å². The Morgan fingerprint density at radius 3 is 2.59 bits per heavy atom. The van der Waals surface area contributed by atoms with E-state index in [-0.39, 0.29) is 31.7 Å². The summed E-state index contributed by atoms with van der Waals surface area (Å²) in [5, 5.41) is 13.9. The first-order valence-corrected chi connectivity index (χ1v) is 5.44. The molecule has 1 aliphatic rings. The molecule has 1 saturated heterocycles. The average molecular weight is 243 g/mol. The lowest BCUT2D eigenvalue weighted by Crippen LogP contribution is -2.47. The number of rotatable bonds is 5. The number of amides is 4. The molecule has 7 heteroatoms. The molecule has 0 aromatic rings. The van der Waals surface area contributed by atoms with Crippen molar-refractivity contribution in [1.29, 1.82) is 0 Å². The van der Waals surface area contributed by atoms with E-state index < -0.39 is 17.8 Å². The minimum Gasteiger partial charge on any atom is -0.394 e. The van der Waals surface area contributed by atoms with Gasteiger partial charge in [-0.3, -0.25) is 14.5 Å². The third-order valence-electron chi connectivity index (χ3n) is 2.59. The maximum absolute atomic E-state index is 11.6. The molecule has 7 nitrogen and oxygen atoms in total. The Balaban J connectivity index is 2.49. The van der Waals surface area contributed by atoms with E-state index in [1.165, 1.54) is 0 Å². The second-order valence-corrected chi connectivity index (χ2v) is 4.24. The highest BCUT2D eigenvalue weighted by Gasteiger charge is 2.30. The van der Waals surface area contributed by atoms with Gasteiger partial charge in [0.05, 0.1) is 19.2 Å². The highest BCUT2D eigenvalue weighted by molar-refractivity contribution is 6.04. The van der Waals surface area contributed by atoms with Crippen molar-refractivity contribution in [1.82, 2.24) is 15.5 Å². The summed E-state index contributed by atoms with van der Waals surface area (Å²) in [5.74, 6) is -0.801. The fourth-order valence-corrected chi connectivity index (χ4v) is 1.43. The van der Waals surface area contributed by atoms with Crippen LogP contribution in [0.5, 0.6) is 0 Å². The first-order chi connectivity index (χ1) is 7.95. The predicted molar refractivity (Wildman–Crippen MR) is 59.0 cm³/mol. The molecule has 4 amide bonds. The van der Waals surface area contributed by atoms with Crippen molar-refractivity contribution in [2.75, 3.05) is 19.7 Å². The highest BCUT2D eigenvalue weighted by Crippen LogP contribution is 2.02. The van der Waals surface area contributed by atoms with Gasteiger partial charge < -0.3 is 15.7 Å². The van der Waals surface area contributed by atoms with E-state index in [4.69, 9.17) is 5.11 Å². The monoisotopic (exact) mass is 243 g/mol. The van der Waals surface area contributed by atoms with Gasteiger partial charge in [0.15, 0.2) is 0 Å². The zero-order chi connectivity index (χ0) is 13.0. The Kier molecular flexibility index (Phi) is 4.45. The van der Waals surface area contributed by atoms with Crippen LogP contribution in [0.3, 0.4) is 0 Å². The summed E-state index contributed by atoms with van der Waals surface area (Å²) in [6, 6.07) is -0.932. The quantitative estimate of drug-likeness (QED) is 0.521. The fourth-order valence-electron chi connectivity index (χ4n) is 1.43. The molecule has 0 unspecified atom stereocenters. The van der Waals surface area contributed by atoms with Crippen LogP contribution in [-0.2, 0) is 9.59 Å². The molecule has 0 aliphatic carbocycles. The van der Waals surface area contributed by atoms with Gasteiger partial charge in [0.2, 0.25) is 5.91 Å². The molecular weight excluding hydrogens is 226 g/mol. The van der Waals surface area contributed by atoms with Crippen LogP contribution >= 0.6 is 0 Å². The normalized spacial score (nSPS) is 17.3. The Hall–Kier alpha value is -1.63. The average Bonchev–Trinajstić information content (AvgIpc) is 2.57. The zero-order valence-electron chi connectivity index (χ0n) is 9.90. The second-order valence-electron chi connectivity index (χ2n) is 4.24. The molecule has 1 rings (SSSR count). The molecule has 1 fully saturated rings. The fraction of sp³-hybridized carbons (Fsp3) is 0.700. The van der Waals surface area contributed by atoms with E-state index in [2.05, 4.69) is 10.6 Å². The van der Waals surface area contributed by atoms with Crippen molar-refractivity contribution in [3.8, 4) is 0 Å². The number of hydrogen-bond acceptors (Lipinski definition) is 4. The van der Waals surface area contributed by atoms with Gasteiger partial charge in [-0.25, -0.2) is 4.79 Å². The minimum absolute atomic E-state index is 0.0697. The zero-order valence-corrected chi connectivity index (χ0v) is 9.90. The summed E-state index contributed by atoms with van der Waals surface area (Å²) in [6.07, 6.45) is 0. The number of aliphatic hydroxyl groups excluding tert-OH is 1. The van der Waals surface area contributed by atoms with Crippen molar-refractivity contribution >= 4 is 17.8 Å². The van der Waals surface area contributed by atoms with Crippen LogP contribution in [0, 0.1) is 5.92 Å². The summed E-state index contributed by atoms with van der Waals surface area (Å²) in [6.45, 7) is 3.15. The molecule has 0 aromatic heterocycles. The summed E-state index contributed by atoms with van der Waals surface area (Å²) >= 11 is 0. The molecule has 1 heterocycles. The first kappa shape index (κ1) is 13.4. The molecule has 17 heavy (non-hydrogen) atoms. The predicted octanol–water partition coefficient (Wildman–Crippen LogP) is -1.33. The van der Waals surface area contributed by atoms with Gasteiger partial charge >= 0.3 is 6.03 Å². The molecule has 96 valence electrons. The van der Waals surface area contributed by atoms with Crippen LogP contribution in [0.2, 0.25) is 0 Å². The number of urea groups is 1. The maximum Gasteiger partial charge on any atom is 0.325 e. The summed E-state index contributed by atoms with van der Waals surface area (Å²) in [4.78, 5) is 34.8. The second kappa shape index (κ2) is 5.62. The third-order valence-corrected chi connectivity index (χ3v) is 2.59. The van der Waals surface area contributed by atoms with E-state index in [0.29, 0.717) is 0 Å². The Bertz CT molecular complexity index is 314. The number of nitrogens with zero attached hydrogens (tertiary/aromatic N) is 1. The Morgan fingerprint density at radius 1 is 1.53 bits per heavy atom. The molecule has 1 atom stereocenters. The SMILES string of the molecule is CC(C)[C@@H](CO)NC(=O)CN1C(=O)CNC1=O. The number of nitrogens with one attached hydrogen (secondary N) is 2. The molecule has 0 radical (unpaired) electrons. The lowest BCUT2D eigenvalue weighted by atomic mass is 10.1. The summed E-state index contributed by atoms with van der Waals surface area (Å²) in [5.41, 5.74) is 0. The van der Waals surface area contributed by atoms with Gasteiger partial charge in [-0.15, -0.1) is 0 Å². The van der Waals surface area contributed by atoms with E-state index in [0.717, 1.165) is 4.90 Å². The molecule has 0 saturated carbocycles. The summed E-state index contributed by atoms with van der Waals surface area (Å²) < 4.78 is 0. The largest absolute Gasteiger partial charge is 0.394 e. The van der Waals surface area contributed by atoms with Crippen LogP contribution in [0.15, 0.2) is 0 Å². The number of carbonyl (C=O) groups is 3. The minimum atomic E-state index is -0.560. The Labute approximate surface area is 99.2 Å². The van der Waals surface area contributed by atoms with Crippen molar-refractivity contribution in [2.24, 2.45) is 5.92 Å². The van der Waals surface area contributed by atoms with Gasteiger partial charge in [0.1, 0.15) is 6.54 Å². The van der Waals surface area contributed by atoms with Crippen molar-refractivity contribution < 1.29 is 19.5 Å². The number of imide groups is 1. The van der Waals surface area contributed by atoms with Gasteiger partial charge in [-0.2, -0.15) is 0 Å². The van der Waals surface area contributed by atoms with Crippen molar-refractivity contribution in [3.05, 3.63) is 0 Å². The maximum atomic E-state index is 11.6. The molecule has 1 aliphatic heterocycles. The van der Waals surface area contributed by atoms with Crippen LogP contribution in [-0.4, -0.2) is 53.6 Å². The molecule has 0 bridgehead atoms. The molecule has 0 aromatic carbocycles. The number of hydrogen-bond donors (Lipinski definition) is 3. The number of aliphatic hydroxyl groups is 1. The van der Waals surface area contributed by atoms with Crippen LogP contribution in [0.25, 0.3) is 0 Å². The lowest BCUT2D eigenvalue weighted by molar-refractivity contribution is -0.131. The van der Waals surface area contributed by atoms with Gasteiger partial charge in [-0.1, -0.05) is 13.8 Å². The van der Waals surface area contributed by atoms with E-state index in [9.17, 15) is 14.4 Å². The smallest absolute Gasteiger partial charge is 0.325 e. The molecule has 0 spiro atoms. The van der Waals surface area contributed by atoms with Gasteiger partial charge in [-0.05, 0) is 5.92 Å². The highest BCUT2D eigenvalue weighted by atomic mass is 16.3. The molecule has 3 N–H and O–H groups in total. The van der Waals surface area contributed by atoms with E-state index in [1.54, 1.807) is 0 Å². The van der Waals surface area contributed by atoms with Crippen LogP contribution in [0.4, 0.5) is 4.79 Å². The summed E-state index contributed by atoms with van der Waals surface area (Å²) in [7, 11) is 0. The van der Waals surface area contributed by atoms with Crippen LogP contribution < -0.4 is 10.6 Å². The lowest BCUT2D eigenvalue weighted by Gasteiger charge is -2.21. The third kappa shape index (κ3) is 3.42. The first-order valence-electron chi connectivity index (χ1n) is 5.44. The number of carbonyl (C=O) groups excluding carboxylic acids is 3. The Morgan fingerprint density at radius 2 is 2.18 bits per heavy atom.